The van der Waals surface area contributed by atoms with Gasteiger partial charge in [0.2, 0.25) is 0 Å². The van der Waals surface area contributed by atoms with Gasteiger partial charge in [0.1, 0.15) is 5.82 Å². The standard InChI is InChI=1S/C23H20FN3O3S/c1-30-20-5-3-15(10-17(20)24)22-25-18-12-31-11-16(18)23(26-22)27-7-6-14-8-13(9-21(28)29)2-4-19(14)27/h2-5,8,10H,6-7,9,11-12H2,1H3,(H,28,29). The van der Waals surface area contributed by atoms with E-state index in [1.165, 1.54) is 13.2 Å². The van der Waals surface area contributed by atoms with Crippen molar-refractivity contribution in [1.29, 1.82) is 0 Å². The topological polar surface area (TPSA) is 75.5 Å². The second-order valence-electron chi connectivity index (χ2n) is 7.57. The van der Waals surface area contributed by atoms with E-state index in [-0.39, 0.29) is 12.2 Å². The van der Waals surface area contributed by atoms with Gasteiger partial charge in [-0.1, -0.05) is 12.1 Å². The first-order chi connectivity index (χ1) is 15.0. The van der Waals surface area contributed by atoms with Crippen molar-refractivity contribution in [3.05, 3.63) is 64.6 Å². The number of nitrogens with zero attached hydrogens (tertiary/aromatic N) is 3. The monoisotopic (exact) mass is 437 g/mol. The van der Waals surface area contributed by atoms with Gasteiger partial charge in [0.05, 0.1) is 19.2 Å². The zero-order valence-corrected chi connectivity index (χ0v) is 17.7. The molecule has 0 radical (unpaired) electrons. The van der Waals surface area contributed by atoms with Gasteiger partial charge in [-0.05, 0) is 41.8 Å². The van der Waals surface area contributed by atoms with Crippen LogP contribution in [0.15, 0.2) is 36.4 Å². The van der Waals surface area contributed by atoms with E-state index in [1.807, 2.05) is 18.2 Å². The third kappa shape index (κ3) is 3.61. The van der Waals surface area contributed by atoms with E-state index in [4.69, 9.17) is 19.8 Å². The minimum absolute atomic E-state index is 0.0139. The molecule has 1 N–H and O–H groups in total. The first-order valence-corrected chi connectivity index (χ1v) is 11.1. The Labute approximate surface area is 183 Å². The SMILES string of the molecule is COc1ccc(-c2nc3c(c(N4CCc5cc(CC(=O)O)ccc54)n2)CSC3)cc1F. The Morgan fingerprint density at radius 2 is 2.10 bits per heavy atom. The molecule has 2 aliphatic rings. The van der Waals surface area contributed by atoms with Crippen LogP contribution in [0.1, 0.15) is 22.4 Å². The quantitative estimate of drug-likeness (QED) is 0.636. The van der Waals surface area contributed by atoms with Crippen molar-refractivity contribution in [2.24, 2.45) is 0 Å². The van der Waals surface area contributed by atoms with Crippen LogP contribution in [0.3, 0.4) is 0 Å². The summed E-state index contributed by atoms with van der Waals surface area (Å²) in [5, 5.41) is 9.08. The molecule has 8 heteroatoms. The molecule has 3 heterocycles. The van der Waals surface area contributed by atoms with Gasteiger partial charge >= 0.3 is 5.97 Å². The zero-order chi connectivity index (χ0) is 21.5. The average molecular weight is 437 g/mol. The molecule has 3 aromatic rings. The number of ether oxygens (including phenoxy) is 1. The highest BCUT2D eigenvalue weighted by Gasteiger charge is 2.29. The average Bonchev–Trinajstić information content (AvgIpc) is 3.39. The van der Waals surface area contributed by atoms with Gasteiger partial charge < -0.3 is 14.7 Å². The third-order valence-electron chi connectivity index (χ3n) is 5.62. The predicted molar refractivity (Wildman–Crippen MR) is 117 cm³/mol. The van der Waals surface area contributed by atoms with Crippen molar-refractivity contribution in [1.82, 2.24) is 9.97 Å². The second kappa shape index (κ2) is 7.85. The Kier molecular flexibility index (Phi) is 5.02. The molecule has 0 amide bonds. The van der Waals surface area contributed by atoms with Crippen LogP contribution >= 0.6 is 11.8 Å². The fourth-order valence-electron chi connectivity index (χ4n) is 4.15. The van der Waals surface area contributed by atoms with Crippen LogP contribution in [0.4, 0.5) is 15.9 Å². The van der Waals surface area contributed by atoms with E-state index in [1.54, 1.807) is 23.9 Å². The Balaban J connectivity index is 1.57. The molecule has 0 atom stereocenters. The minimum atomic E-state index is -0.836. The number of thioether (sulfide) groups is 1. The third-order valence-corrected chi connectivity index (χ3v) is 6.59. The number of hydrogen-bond donors (Lipinski definition) is 1. The molecule has 0 saturated heterocycles. The maximum atomic E-state index is 14.3. The number of halogens is 1. The van der Waals surface area contributed by atoms with Crippen LogP contribution in [0.25, 0.3) is 11.4 Å². The molecule has 0 aliphatic carbocycles. The lowest BCUT2D eigenvalue weighted by molar-refractivity contribution is -0.136. The summed E-state index contributed by atoms with van der Waals surface area (Å²) in [6.45, 7) is 0.760. The van der Waals surface area contributed by atoms with Crippen LogP contribution < -0.4 is 9.64 Å². The summed E-state index contributed by atoms with van der Waals surface area (Å²) < 4.78 is 19.3. The van der Waals surface area contributed by atoms with Crippen LogP contribution in [-0.2, 0) is 29.1 Å². The molecule has 31 heavy (non-hydrogen) atoms. The number of rotatable bonds is 5. The summed E-state index contributed by atoms with van der Waals surface area (Å²) in [6, 6.07) is 10.6. The number of anilines is 2. The molecule has 0 bridgehead atoms. The number of carboxylic acids is 1. The maximum absolute atomic E-state index is 14.3. The zero-order valence-electron chi connectivity index (χ0n) is 16.9. The van der Waals surface area contributed by atoms with Crippen molar-refractivity contribution < 1.29 is 19.0 Å². The summed E-state index contributed by atoms with van der Waals surface area (Å²) in [5.41, 5.74) is 5.66. The summed E-state index contributed by atoms with van der Waals surface area (Å²) in [5.74, 6) is 1.89. The molecule has 0 fully saturated rings. The molecule has 0 spiro atoms. The molecule has 0 saturated carbocycles. The Bertz CT molecular complexity index is 1200. The van der Waals surface area contributed by atoms with Gasteiger partial charge in [0, 0.05) is 34.9 Å². The smallest absolute Gasteiger partial charge is 0.307 e. The molecule has 158 valence electrons. The predicted octanol–water partition coefficient (Wildman–Crippen LogP) is 4.36. The molecule has 1 aromatic heterocycles. The minimum Gasteiger partial charge on any atom is -0.494 e. The lowest BCUT2D eigenvalue weighted by Gasteiger charge is -2.22. The molecular weight excluding hydrogens is 417 g/mol. The van der Waals surface area contributed by atoms with E-state index >= 15 is 0 Å². The number of aromatic nitrogens is 2. The molecular formula is C23H20FN3O3S. The van der Waals surface area contributed by atoms with E-state index in [2.05, 4.69) is 4.90 Å². The van der Waals surface area contributed by atoms with Crippen molar-refractivity contribution in [3.63, 3.8) is 0 Å². The normalized spacial score (nSPS) is 14.5. The summed E-state index contributed by atoms with van der Waals surface area (Å²) in [7, 11) is 1.44. The van der Waals surface area contributed by atoms with Gasteiger partial charge in [-0.15, -0.1) is 0 Å². The van der Waals surface area contributed by atoms with Gasteiger partial charge in [-0.2, -0.15) is 11.8 Å². The number of hydrogen-bond acceptors (Lipinski definition) is 6. The molecule has 2 aliphatic heterocycles. The molecule has 0 unspecified atom stereocenters. The number of carboxylic acid groups (broad SMARTS) is 1. The summed E-state index contributed by atoms with van der Waals surface area (Å²) in [6.07, 6.45) is 0.835. The number of methoxy groups -OCH3 is 1. The van der Waals surface area contributed by atoms with Crippen molar-refractivity contribution >= 4 is 29.2 Å². The first kappa shape index (κ1) is 19.8. The summed E-state index contributed by atoms with van der Waals surface area (Å²) >= 11 is 1.79. The fourth-order valence-corrected chi connectivity index (χ4v) is 5.19. The first-order valence-electron chi connectivity index (χ1n) is 9.96. The van der Waals surface area contributed by atoms with Crippen molar-refractivity contribution in [3.8, 4) is 17.1 Å². The lowest BCUT2D eigenvalue weighted by atomic mass is 10.1. The van der Waals surface area contributed by atoms with Crippen LogP contribution in [0.2, 0.25) is 0 Å². The number of carbonyl (C=O) groups is 1. The highest BCUT2D eigenvalue weighted by atomic mass is 32.2. The van der Waals surface area contributed by atoms with E-state index in [0.717, 1.165) is 58.4 Å². The van der Waals surface area contributed by atoms with Crippen LogP contribution in [-0.4, -0.2) is 34.7 Å². The molecule has 6 nitrogen and oxygen atoms in total. The van der Waals surface area contributed by atoms with Crippen LogP contribution in [0.5, 0.6) is 5.75 Å². The Morgan fingerprint density at radius 1 is 1.23 bits per heavy atom. The van der Waals surface area contributed by atoms with E-state index < -0.39 is 11.8 Å². The lowest BCUT2D eigenvalue weighted by Crippen LogP contribution is -2.18. The number of benzene rings is 2. The Hall–Kier alpha value is -3.13. The van der Waals surface area contributed by atoms with Crippen molar-refractivity contribution in [2.75, 3.05) is 18.6 Å². The largest absolute Gasteiger partial charge is 0.494 e. The fraction of sp³-hybridized carbons (Fsp3) is 0.261. The van der Waals surface area contributed by atoms with Crippen LogP contribution in [0, 0.1) is 5.82 Å². The second-order valence-corrected chi connectivity index (χ2v) is 8.56. The summed E-state index contributed by atoms with van der Waals surface area (Å²) in [4.78, 5) is 22.8. The van der Waals surface area contributed by atoms with E-state index in [9.17, 15) is 9.18 Å². The van der Waals surface area contributed by atoms with Crippen molar-refractivity contribution in [2.45, 2.75) is 24.3 Å². The highest BCUT2D eigenvalue weighted by molar-refractivity contribution is 7.98. The number of fused-ring (bicyclic) bond motifs is 2. The molecule has 5 rings (SSSR count). The van der Waals surface area contributed by atoms with Gasteiger partial charge in [-0.25, -0.2) is 14.4 Å². The van der Waals surface area contributed by atoms with Gasteiger partial charge in [-0.3, -0.25) is 4.79 Å². The Morgan fingerprint density at radius 3 is 2.87 bits per heavy atom. The van der Waals surface area contributed by atoms with Gasteiger partial charge in [0.15, 0.2) is 17.4 Å². The van der Waals surface area contributed by atoms with Gasteiger partial charge in [0.25, 0.3) is 0 Å². The van der Waals surface area contributed by atoms with E-state index in [0.29, 0.717) is 11.4 Å². The highest BCUT2D eigenvalue weighted by Crippen LogP contribution is 2.42. The number of aliphatic carboxylic acids is 1. The molecule has 2 aromatic carbocycles. The maximum Gasteiger partial charge on any atom is 0.307 e.